The van der Waals surface area contributed by atoms with E-state index in [1.54, 1.807) is 51.1 Å². The van der Waals surface area contributed by atoms with Crippen LogP contribution < -0.4 is 10.1 Å². The molecule has 30 heavy (non-hydrogen) atoms. The van der Waals surface area contributed by atoms with E-state index in [0.717, 1.165) is 0 Å². The number of hydrogen-bond donors (Lipinski definition) is 1. The van der Waals surface area contributed by atoms with Gasteiger partial charge in [-0.05, 0) is 26.3 Å². The number of carbonyl (C=O) groups is 2. The molecule has 0 aromatic heterocycles. The number of rotatable bonds is 5. The minimum Gasteiger partial charge on any atom is -0.444 e. The van der Waals surface area contributed by atoms with Gasteiger partial charge in [-0.15, -0.1) is 0 Å². The van der Waals surface area contributed by atoms with Crippen LogP contribution in [0.25, 0.3) is 0 Å². The Bertz CT molecular complexity index is 915. The van der Waals surface area contributed by atoms with Gasteiger partial charge in [0.25, 0.3) is 0 Å². The predicted molar refractivity (Wildman–Crippen MR) is 95.2 cm³/mol. The number of nitrogens with one attached hydrogen (secondary N) is 1. The minimum absolute atomic E-state index is 0.200. The lowest BCUT2D eigenvalue weighted by atomic mass is 10.1. The van der Waals surface area contributed by atoms with Crippen LogP contribution in [0.3, 0.4) is 0 Å². The molecule has 0 saturated heterocycles. The Labute approximate surface area is 168 Å². The summed E-state index contributed by atoms with van der Waals surface area (Å²) in [5.74, 6) is -14.8. The molecule has 5 nitrogen and oxygen atoms in total. The summed E-state index contributed by atoms with van der Waals surface area (Å²) in [6, 6.07) is 6.60. The molecule has 2 rings (SSSR count). The van der Waals surface area contributed by atoms with Gasteiger partial charge in [0.1, 0.15) is 11.6 Å². The van der Waals surface area contributed by atoms with Crippen molar-refractivity contribution < 1.29 is 41.0 Å². The fourth-order valence-electron chi connectivity index (χ4n) is 2.34. The van der Waals surface area contributed by atoms with E-state index in [1.807, 2.05) is 0 Å². The summed E-state index contributed by atoms with van der Waals surface area (Å²) >= 11 is 0. The van der Waals surface area contributed by atoms with Crippen LogP contribution in [0.4, 0.5) is 26.7 Å². The summed E-state index contributed by atoms with van der Waals surface area (Å²) < 4.78 is 77.0. The third-order valence-electron chi connectivity index (χ3n) is 3.63. The second-order valence-electron chi connectivity index (χ2n) is 7.21. The largest absolute Gasteiger partial charge is 0.444 e. The zero-order chi connectivity index (χ0) is 22.6. The van der Waals surface area contributed by atoms with Gasteiger partial charge in [0.15, 0.2) is 0 Å². The van der Waals surface area contributed by atoms with Crippen molar-refractivity contribution in [2.24, 2.45) is 0 Å². The molecule has 162 valence electrons. The first-order chi connectivity index (χ1) is 13.9. The molecule has 0 heterocycles. The fraction of sp³-hybridized carbons (Fsp3) is 0.300. The number of amides is 1. The molecule has 0 aliphatic rings. The molecule has 2 aromatic carbocycles. The first-order valence-electron chi connectivity index (χ1n) is 8.67. The quantitative estimate of drug-likeness (QED) is 0.250. The van der Waals surface area contributed by atoms with Crippen molar-refractivity contribution in [1.29, 1.82) is 0 Å². The Hall–Kier alpha value is -3.17. The molecule has 0 saturated carbocycles. The van der Waals surface area contributed by atoms with Gasteiger partial charge in [-0.25, -0.2) is 22.8 Å². The summed E-state index contributed by atoms with van der Waals surface area (Å²) in [4.78, 5) is 24.5. The van der Waals surface area contributed by atoms with Gasteiger partial charge in [0, 0.05) is 6.42 Å². The maximum atomic E-state index is 13.8. The van der Waals surface area contributed by atoms with E-state index in [2.05, 4.69) is 10.1 Å². The van der Waals surface area contributed by atoms with Crippen molar-refractivity contribution >= 4 is 12.1 Å². The van der Waals surface area contributed by atoms with Crippen molar-refractivity contribution in [2.75, 3.05) is 0 Å². The average Bonchev–Trinajstić information content (AvgIpc) is 2.67. The van der Waals surface area contributed by atoms with Crippen LogP contribution in [-0.4, -0.2) is 23.7 Å². The lowest BCUT2D eigenvalue weighted by Gasteiger charge is -2.23. The van der Waals surface area contributed by atoms with Crippen molar-refractivity contribution in [2.45, 2.75) is 38.8 Å². The molecular weight excluding hydrogens is 413 g/mol. The Morgan fingerprint density at radius 3 is 1.90 bits per heavy atom. The van der Waals surface area contributed by atoms with E-state index in [-0.39, 0.29) is 6.42 Å². The van der Waals surface area contributed by atoms with Crippen LogP contribution in [0.15, 0.2) is 30.3 Å². The number of esters is 1. The number of ether oxygens (including phenoxy) is 2. The molecule has 0 aliphatic heterocycles. The van der Waals surface area contributed by atoms with E-state index in [0.29, 0.717) is 5.56 Å². The topological polar surface area (TPSA) is 64.6 Å². The summed E-state index contributed by atoms with van der Waals surface area (Å²) in [5.41, 5.74) is -0.403. The molecule has 2 aromatic rings. The normalized spacial score (nSPS) is 12.3. The molecule has 0 spiro atoms. The number of alkyl carbamates (subject to hydrolysis) is 1. The number of halogens is 5. The summed E-state index contributed by atoms with van der Waals surface area (Å²) in [5, 5.41) is 2.18. The maximum Gasteiger partial charge on any atom is 0.408 e. The monoisotopic (exact) mass is 431 g/mol. The highest BCUT2D eigenvalue weighted by Gasteiger charge is 2.32. The summed E-state index contributed by atoms with van der Waals surface area (Å²) in [7, 11) is 0. The van der Waals surface area contributed by atoms with Crippen LogP contribution in [-0.2, 0) is 16.0 Å². The van der Waals surface area contributed by atoms with Crippen LogP contribution in [0, 0.1) is 29.1 Å². The third-order valence-corrected chi connectivity index (χ3v) is 3.63. The van der Waals surface area contributed by atoms with E-state index in [9.17, 15) is 31.5 Å². The van der Waals surface area contributed by atoms with E-state index in [1.165, 1.54) is 0 Å². The maximum absolute atomic E-state index is 13.8. The molecule has 1 amide bonds. The van der Waals surface area contributed by atoms with Gasteiger partial charge in [-0.3, -0.25) is 0 Å². The molecule has 1 N–H and O–H groups in total. The Morgan fingerprint density at radius 2 is 1.40 bits per heavy atom. The highest BCUT2D eigenvalue weighted by molar-refractivity contribution is 5.83. The second-order valence-corrected chi connectivity index (χ2v) is 7.21. The van der Waals surface area contributed by atoms with Gasteiger partial charge in [-0.1, -0.05) is 30.3 Å². The van der Waals surface area contributed by atoms with Gasteiger partial charge in [0.05, 0.1) is 0 Å². The molecule has 10 heteroatoms. The van der Waals surface area contributed by atoms with Gasteiger partial charge >= 0.3 is 12.1 Å². The van der Waals surface area contributed by atoms with E-state index < -0.39 is 58.5 Å². The van der Waals surface area contributed by atoms with Gasteiger partial charge in [-0.2, -0.15) is 8.78 Å². The van der Waals surface area contributed by atoms with Crippen molar-refractivity contribution in [3.8, 4) is 5.75 Å². The lowest BCUT2D eigenvalue weighted by molar-refractivity contribution is -0.137. The smallest absolute Gasteiger partial charge is 0.408 e. The standard InChI is InChI=1S/C20H18F5NO4/c1-20(2,3)30-19(28)26-11(9-10-7-5-4-6-8-10)18(27)29-17-15(24)13(22)12(21)14(23)16(17)25/h4-8,11H,9H2,1-3H3,(H,26,28). The summed E-state index contributed by atoms with van der Waals surface area (Å²) in [6.07, 6.45) is -1.24. The number of hydrogen-bond acceptors (Lipinski definition) is 4. The van der Waals surface area contributed by atoms with Crippen molar-refractivity contribution in [3.63, 3.8) is 0 Å². The van der Waals surface area contributed by atoms with Crippen molar-refractivity contribution in [3.05, 3.63) is 65.0 Å². The highest BCUT2D eigenvalue weighted by Crippen LogP contribution is 2.29. The first-order valence-corrected chi connectivity index (χ1v) is 8.67. The molecule has 0 aliphatic carbocycles. The Morgan fingerprint density at radius 1 is 0.900 bits per heavy atom. The highest BCUT2D eigenvalue weighted by atomic mass is 19.2. The SMILES string of the molecule is CC(C)(C)OC(=O)NC(Cc1ccccc1)C(=O)Oc1c(F)c(F)c(F)c(F)c1F. The molecule has 0 radical (unpaired) electrons. The average molecular weight is 431 g/mol. The zero-order valence-corrected chi connectivity index (χ0v) is 16.2. The van der Waals surface area contributed by atoms with Gasteiger partial charge < -0.3 is 14.8 Å². The van der Waals surface area contributed by atoms with Crippen LogP contribution in [0.2, 0.25) is 0 Å². The van der Waals surface area contributed by atoms with Crippen LogP contribution in [0.1, 0.15) is 26.3 Å². The minimum atomic E-state index is -2.39. The van der Waals surface area contributed by atoms with Gasteiger partial charge in [0.2, 0.25) is 34.8 Å². The summed E-state index contributed by atoms with van der Waals surface area (Å²) in [6.45, 7) is 4.68. The zero-order valence-electron chi connectivity index (χ0n) is 16.2. The second kappa shape index (κ2) is 9.10. The first kappa shape index (κ1) is 23.1. The Balaban J connectivity index is 2.32. The molecule has 0 bridgehead atoms. The molecular formula is C20H18F5NO4. The molecule has 1 atom stereocenters. The van der Waals surface area contributed by atoms with Crippen LogP contribution >= 0.6 is 0 Å². The molecule has 0 fully saturated rings. The van der Waals surface area contributed by atoms with E-state index >= 15 is 0 Å². The van der Waals surface area contributed by atoms with E-state index in [4.69, 9.17) is 4.74 Å². The van der Waals surface area contributed by atoms with Crippen LogP contribution in [0.5, 0.6) is 5.75 Å². The predicted octanol–water partition coefficient (Wildman–Crippen LogP) is 4.42. The third kappa shape index (κ3) is 5.68. The Kier molecular flexibility index (Phi) is 7.01. The number of benzene rings is 2. The fourth-order valence-corrected chi connectivity index (χ4v) is 2.34. The number of carbonyl (C=O) groups excluding carboxylic acids is 2. The molecule has 1 unspecified atom stereocenters. The lowest BCUT2D eigenvalue weighted by Crippen LogP contribution is -2.46. The van der Waals surface area contributed by atoms with Crippen molar-refractivity contribution in [1.82, 2.24) is 5.32 Å².